The van der Waals surface area contributed by atoms with Crippen LogP contribution in [0.4, 0.5) is 5.13 Å². The van der Waals surface area contributed by atoms with Crippen LogP contribution in [-0.2, 0) is 9.84 Å². The van der Waals surface area contributed by atoms with Crippen molar-refractivity contribution in [1.82, 2.24) is 4.98 Å². The molecular weight excluding hydrogens is 360 g/mol. The molecule has 0 aliphatic heterocycles. The molecule has 0 fully saturated rings. The first-order valence-corrected chi connectivity index (χ1v) is 10.2. The highest BCUT2D eigenvalue weighted by Gasteiger charge is 2.12. The van der Waals surface area contributed by atoms with Crippen LogP contribution in [0.15, 0.2) is 47.4 Å². The van der Waals surface area contributed by atoms with Gasteiger partial charge in [-0.25, -0.2) is 13.4 Å². The van der Waals surface area contributed by atoms with Gasteiger partial charge in [0.1, 0.15) is 5.75 Å². The lowest BCUT2D eigenvalue weighted by Crippen LogP contribution is -2.11. The fourth-order valence-corrected chi connectivity index (χ4v) is 3.76. The van der Waals surface area contributed by atoms with Crippen molar-refractivity contribution in [3.8, 4) is 5.75 Å². The van der Waals surface area contributed by atoms with Crippen molar-refractivity contribution < 1.29 is 17.9 Å². The zero-order valence-corrected chi connectivity index (χ0v) is 15.3. The van der Waals surface area contributed by atoms with Gasteiger partial charge >= 0.3 is 0 Å². The Labute approximate surface area is 149 Å². The van der Waals surface area contributed by atoms with Crippen LogP contribution in [0.1, 0.15) is 17.3 Å². The maximum atomic E-state index is 12.3. The van der Waals surface area contributed by atoms with E-state index in [0.717, 1.165) is 22.2 Å². The number of nitrogens with one attached hydrogen (secondary N) is 1. The van der Waals surface area contributed by atoms with Gasteiger partial charge in [-0.15, -0.1) is 0 Å². The molecule has 25 heavy (non-hydrogen) atoms. The van der Waals surface area contributed by atoms with Crippen molar-refractivity contribution in [2.24, 2.45) is 0 Å². The second-order valence-electron chi connectivity index (χ2n) is 5.33. The number of nitrogens with zero attached hydrogens (tertiary/aromatic N) is 1. The third-order valence-corrected chi connectivity index (χ3v) is 5.50. The van der Waals surface area contributed by atoms with Crippen LogP contribution < -0.4 is 10.1 Å². The van der Waals surface area contributed by atoms with Gasteiger partial charge in [0.15, 0.2) is 15.0 Å². The number of carbonyl (C=O) groups excluding carboxylic acids is 1. The number of aromatic nitrogens is 1. The van der Waals surface area contributed by atoms with E-state index < -0.39 is 9.84 Å². The summed E-state index contributed by atoms with van der Waals surface area (Å²) in [6.07, 6.45) is 1.12. The molecule has 130 valence electrons. The monoisotopic (exact) mass is 376 g/mol. The Kier molecular flexibility index (Phi) is 4.73. The molecule has 6 nitrogen and oxygen atoms in total. The topological polar surface area (TPSA) is 85.4 Å². The van der Waals surface area contributed by atoms with Gasteiger partial charge in [-0.05, 0) is 49.4 Å². The van der Waals surface area contributed by atoms with Crippen molar-refractivity contribution in [3.05, 3.63) is 48.0 Å². The summed E-state index contributed by atoms with van der Waals surface area (Å²) in [7, 11) is -3.28. The van der Waals surface area contributed by atoms with Gasteiger partial charge in [-0.2, -0.15) is 0 Å². The number of rotatable bonds is 5. The van der Waals surface area contributed by atoms with E-state index in [0.29, 0.717) is 17.3 Å². The predicted octanol–water partition coefficient (Wildman–Crippen LogP) is 3.35. The third kappa shape index (κ3) is 3.97. The molecule has 0 saturated heterocycles. The minimum absolute atomic E-state index is 0.174. The lowest BCUT2D eigenvalue weighted by molar-refractivity contribution is 0.102. The van der Waals surface area contributed by atoms with Crippen molar-refractivity contribution in [1.29, 1.82) is 0 Å². The molecule has 0 aliphatic rings. The van der Waals surface area contributed by atoms with Gasteiger partial charge in [-0.1, -0.05) is 11.3 Å². The second kappa shape index (κ2) is 6.81. The summed E-state index contributed by atoms with van der Waals surface area (Å²) in [5.74, 6) is 0.414. The summed E-state index contributed by atoms with van der Waals surface area (Å²) in [4.78, 5) is 16.8. The zero-order valence-electron chi connectivity index (χ0n) is 13.6. The SMILES string of the molecule is CCOc1ccc2nc(NC(=O)c3ccc(S(C)(=O)=O)cc3)sc2c1. The fraction of sp³-hybridized carbons (Fsp3) is 0.176. The Morgan fingerprint density at radius 2 is 1.92 bits per heavy atom. The van der Waals surface area contributed by atoms with E-state index >= 15 is 0 Å². The first-order valence-electron chi connectivity index (χ1n) is 7.51. The molecule has 0 unspecified atom stereocenters. The molecule has 1 amide bonds. The second-order valence-corrected chi connectivity index (χ2v) is 8.38. The summed E-state index contributed by atoms with van der Waals surface area (Å²) < 4.78 is 29.3. The number of benzene rings is 2. The number of ether oxygens (including phenoxy) is 1. The van der Waals surface area contributed by atoms with Gasteiger partial charge in [-0.3, -0.25) is 10.1 Å². The van der Waals surface area contributed by atoms with Crippen LogP contribution in [0.5, 0.6) is 5.75 Å². The molecule has 0 aliphatic carbocycles. The molecule has 2 aromatic carbocycles. The Balaban J connectivity index is 1.79. The molecular formula is C17H16N2O4S2. The van der Waals surface area contributed by atoms with Crippen LogP contribution in [0.2, 0.25) is 0 Å². The minimum Gasteiger partial charge on any atom is -0.494 e. The molecule has 1 N–H and O–H groups in total. The number of anilines is 1. The van der Waals surface area contributed by atoms with Crippen LogP contribution in [0.25, 0.3) is 10.2 Å². The van der Waals surface area contributed by atoms with E-state index in [-0.39, 0.29) is 10.8 Å². The maximum Gasteiger partial charge on any atom is 0.257 e. The van der Waals surface area contributed by atoms with E-state index in [9.17, 15) is 13.2 Å². The van der Waals surface area contributed by atoms with Crippen LogP contribution in [0, 0.1) is 0 Å². The molecule has 0 spiro atoms. The van der Waals surface area contributed by atoms with E-state index in [1.54, 1.807) is 0 Å². The van der Waals surface area contributed by atoms with Gasteiger partial charge in [0.25, 0.3) is 5.91 Å². The third-order valence-electron chi connectivity index (χ3n) is 3.44. The standard InChI is InChI=1S/C17H16N2O4S2/c1-3-23-12-6-9-14-15(10-12)24-17(18-14)19-16(20)11-4-7-13(8-5-11)25(2,21)22/h4-10H,3H2,1-2H3,(H,18,19,20). The van der Waals surface area contributed by atoms with Gasteiger partial charge in [0.2, 0.25) is 0 Å². The first kappa shape index (κ1) is 17.4. The van der Waals surface area contributed by atoms with Crippen molar-refractivity contribution in [3.63, 3.8) is 0 Å². The highest BCUT2D eigenvalue weighted by Crippen LogP contribution is 2.29. The first-order chi connectivity index (χ1) is 11.9. The smallest absolute Gasteiger partial charge is 0.257 e. The lowest BCUT2D eigenvalue weighted by atomic mass is 10.2. The van der Waals surface area contributed by atoms with E-state index in [4.69, 9.17) is 4.74 Å². The Hall–Kier alpha value is -2.45. The van der Waals surface area contributed by atoms with Crippen LogP contribution >= 0.6 is 11.3 Å². The maximum absolute atomic E-state index is 12.3. The molecule has 0 radical (unpaired) electrons. The van der Waals surface area contributed by atoms with E-state index in [1.165, 1.54) is 35.6 Å². The van der Waals surface area contributed by atoms with Gasteiger partial charge in [0, 0.05) is 11.8 Å². The molecule has 1 aromatic heterocycles. The van der Waals surface area contributed by atoms with Gasteiger partial charge < -0.3 is 4.74 Å². The van der Waals surface area contributed by atoms with E-state index in [2.05, 4.69) is 10.3 Å². The molecule has 3 aromatic rings. The average molecular weight is 376 g/mol. The Morgan fingerprint density at radius 3 is 2.56 bits per heavy atom. The average Bonchev–Trinajstić information content (AvgIpc) is 2.96. The molecule has 1 heterocycles. The number of hydrogen-bond donors (Lipinski definition) is 1. The number of sulfone groups is 1. The summed E-state index contributed by atoms with van der Waals surface area (Å²) in [6.45, 7) is 2.49. The predicted molar refractivity (Wildman–Crippen MR) is 98.3 cm³/mol. The Bertz CT molecular complexity index is 1020. The number of carbonyl (C=O) groups is 1. The number of hydrogen-bond acceptors (Lipinski definition) is 6. The summed E-state index contributed by atoms with van der Waals surface area (Å²) in [5, 5.41) is 3.21. The lowest BCUT2D eigenvalue weighted by Gasteiger charge is -2.03. The molecule has 0 saturated carbocycles. The van der Waals surface area contributed by atoms with Crippen molar-refractivity contribution in [2.45, 2.75) is 11.8 Å². The normalized spacial score (nSPS) is 11.4. The van der Waals surface area contributed by atoms with E-state index in [1.807, 2.05) is 25.1 Å². The molecule has 8 heteroatoms. The number of fused-ring (bicyclic) bond motifs is 1. The highest BCUT2D eigenvalue weighted by molar-refractivity contribution is 7.90. The summed E-state index contributed by atoms with van der Waals surface area (Å²) >= 11 is 1.35. The quantitative estimate of drug-likeness (QED) is 0.738. The van der Waals surface area contributed by atoms with Crippen molar-refractivity contribution >= 4 is 42.4 Å². The van der Waals surface area contributed by atoms with Crippen LogP contribution in [0.3, 0.4) is 0 Å². The Morgan fingerprint density at radius 1 is 1.20 bits per heavy atom. The molecule has 0 bridgehead atoms. The fourth-order valence-electron chi connectivity index (χ4n) is 2.24. The number of amides is 1. The summed E-state index contributed by atoms with van der Waals surface area (Å²) in [6, 6.07) is 11.3. The highest BCUT2D eigenvalue weighted by atomic mass is 32.2. The largest absolute Gasteiger partial charge is 0.494 e. The minimum atomic E-state index is -3.28. The zero-order chi connectivity index (χ0) is 18.0. The molecule has 3 rings (SSSR count). The molecule has 0 atom stereocenters. The van der Waals surface area contributed by atoms with Crippen molar-refractivity contribution in [2.75, 3.05) is 18.2 Å². The van der Waals surface area contributed by atoms with Crippen LogP contribution in [-0.4, -0.2) is 32.2 Å². The van der Waals surface area contributed by atoms with Gasteiger partial charge in [0.05, 0.1) is 21.7 Å². The summed E-state index contributed by atoms with van der Waals surface area (Å²) in [5.41, 5.74) is 1.14. The number of thiazole rings is 1.